The molecule has 1 N–H and O–H groups in total. The zero-order chi connectivity index (χ0) is 14.4. The standard InChI is InChI=1S/C12H8N4O4/c1-15-9(8(5-14-15)12(19)20)16-10(17)6-2-3-13-4-7(6)11(16)18/h2-5H,1H3,(H,19,20). The van der Waals surface area contributed by atoms with Gasteiger partial charge in [0.15, 0.2) is 5.82 Å². The van der Waals surface area contributed by atoms with Crippen LogP contribution in [0.15, 0.2) is 24.7 Å². The van der Waals surface area contributed by atoms with Crippen LogP contribution in [0.5, 0.6) is 0 Å². The van der Waals surface area contributed by atoms with Gasteiger partial charge in [-0.2, -0.15) is 5.10 Å². The lowest BCUT2D eigenvalue weighted by atomic mass is 10.2. The summed E-state index contributed by atoms with van der Waals surface area (Å²) >= 11 is 0. The molecule has 8 nitrogen and oxygen atoms in total. The number of hydrogen-bond donors (Lipinski definition) is 1. The molecule has 0 saturated carbocycles. The highest BCUT2D eigenvalue weighted by atomic mass is 16.4. The molecular formula is C12H8N4O4. The maximum Gasteiger partial charge on any atom is 0.341 e. The highest BCUT2D eigenvalue weighted by Gasteiger charge is 2.40. The minimum Gasteiger partial charge on any atom is -0.477 e. The number of hydrogen-bond acceptors (Lipinski definition) is 5. The predicted molar refractivity (Wildman–Crippen MR) is 65.5 cm³/mol. The quantitative estimate of drug-likeness (QED) is 0.789. The van der Waals surface area contributed by atoms with Crippen molar-refractivity contribution in [3.63, 3.8) is 0 Å². The van der Waals surface area contributed by atoms with Crippen molar-refractivity contribution in [3.05, 3.63) is 41.3 Å². The maximum absolute atomic E-state index is 12.3. The smallest absolute Gasteiger partial charge is 0.341 e. The number of rotatable bonds is 2. The van der Waals surface area contributed by atoms with E-state index >= 15 is 0 Å². The molecule has 1 aliphatic rings. The molecule has 0 aromatic carbocycles. The summed E-state index contributed by atoms with van der Waals surface area (Å²) in [4.78, 5) is 40.3. The van der Waals surface area contributed by atoms with Crippen LogP contribution in [-0.2, 0) is 7.05 Å². The molecule has 2 amide bonds. The van der Waals surface area contributed by atoms with Gasteiger partial charge in [0, 0.05) is 19.4 Å². The normalized spacial score (nSPS) is 13.8. The van der Waals surface area contributed by atoms with Crippen LogP contribution in [0.25, 0.3) is 0 Å². The van der Waals surface area contributed by atoms with Crippen LogP contribution in [0, 0.1) is 0 Å². The van der Waals surface area contributed by atoms with Crippen molar-refractivity contribution in [1.29, 1.82) is 0 Å². The van der Waals surface area contributed by atoms with Crippen LogP contribution in [0.3, 0.4) is 0 Å². The molecule has 0 aliphatic carbocycles. The Bertz CT molecular complexity index is 730. The molecule has 0 radical (unpaired) electrons. The molecular weight excluding hydrogens is 264 g/mol. The molecule has 2 aromatic heterocycles. The van der Waals surface area contributed by atoms with Crippen molar-refractivity contribution in [2.45, 2.75) is 0 Å². The summed E-state index contributed by atoms with van der Waals surface area (Å²) in [6.07, 6.45) is 3.78. The van der Waals surface area contributed by atoms with E-state index in [0.29, 0.717) is 0 Å². The number of pyridine rings is 1. The number of nitrogens with zero attached hydrogens (tertiary/aromatic N) is 4. The van der Waals surface area contributed by atoms with E-state index in [9.17, 15) is 14.4 Å². The van der Waals surface area contributed by atoms with E-state index in [2.05, 4.69) is 10.1 Å². The van der Waals surface area contributed by atoms with E-state index in [-0.39, 0.29) is 22.5 Å². The third-order valence-corrected chi connectivity index (χ3v) is 3.04. The molecule has 20 heavy (non-hydrogen) atoms. The average Bonchev–Trinajstić information content (AvgIpc) is 2.91. The van der Waals surface area contributed by atoms with Crippen molar-refractivity contribution in [2.75, 3.05) is 4.90 Å². The monoisotopic (exact) mass is 272 g/mol. The fourth-order valence-corrected chi connectivity index (χ4v) is 2.12. The van der Waals surface area contributed by atoms with E-state index in [1.165, 1.54) is 30.2 Å². The van der Waals surface area contributed by atoms with Gasteiger partial charge in [0.05, 0.1) is 17.3 Å². The number of imide groups is 1. The van der Waals surface area contributed by atoms with Gasteiger partial charge in [0.1, 0.15) is 5.56 Å². The van der Waals surface area contributed by atoms with E-state index in [4.69, 9.17) is 5.11 Å². The number of aromatic nitrogens is 3. The summed E-state index contributed by atoms with van der Waals surface area (Å²) in [6, 6.07) is 1.42. The topological polar surface area (TPSA) is 105 Å². The lowest BCUT2D eigenvalue weighted by Gasteiger charge is -2.14. The molecule has 3 rings (SSSR count). The van der Waals surface area contributed by atoms with Crippen LogP contribution in [0.4, 0.5) is 5.82 Å². The first kappa shape index (κ1) is 12.0. The summed E-state index contributed by atoms with van der Waals surface area (Å²) in [5.74, 6) is -2.52. The Morgan fingerprint density at radius 3 is 2.55 bits per heavy atom. The number of carboxylic acids is 1. The number of aryl methyl sites for hydroxylation is 1. The number of carboxylic acid groups (broad SMARTS) is 1. The molecule has 2 aromatic rings. The second-order valence-corrected chi connectivity index (χ2v) is 4.18. The number of carbonyl (C=O) groups excluding carboxylic acids is 2. The Morgan fingerprint density at radius 1 is 1.20 bits per heavy atom. The fourth-order valence-electron chi connectivity index (χ4n) is 2.12. The van der Waals surface area contributed by atoms with Gasteiger partial charge in [-0.15, -0.1) is 0 Å². The minimum absolute atomic E-state index is 0.0660. The van der Waals surface area contributed by atoms with Crippen LogP contribution in [-0.4, -0.2) is 37.7 Å². The lowest BCUT2D eigenvalue weighted by Crippen LogP contribution is -2.32. The molecule has 1 aliphatic heterocycles. The van der Waals surface area contributed by atoms with Crippen molar-refractivity contribution < 1.29 is 19.5 Å². The Balaban J connectivity index is 2.19. The summed E-state index contributed by atoms with van der Waals surface area (Å²) < 4.78 is 1.18. The summed E-state index contributed by atoms with van der Waals surface area (Å²) in [6.45, 7) is 0. The van der Waals surface area contributed by atoms with Crippen molar-refractivity contribution >= 4 is 23.6 Å². The van der Waals surface area contributed by atoms with Gasteiger partial charge in [-0.05, 0) is 6.07 Å². The summed E-state index contributed by atoms with van der Waals surface area (Å²) in [5, 5.41) is 12.9. The number of amides is 2. The van der Waals surface area contributed by atoms with Gasteiger partial charge >= 0.3 is 5.97 Å². The highest BCUT2D eigenvalue weighted by molar-refractivity contribution is 6.34. The average molecular weight is 272 g/mol. The SMILES string of the molecule is Cn1ncc(C(=O)O)c1N1C(=O)c2ccncc2C1=O. The zero-order valence-electron chi connectivity index (χ0n) is 10.3. The van der Waals surface area contributed by atoms with Gasteiger partial charge in [-0.1, -0.05) is 0 Å². The van der Waals surface area contributed by atoms with Gasteiger partial charge in [-0.3, -0.25) is 19.3 Å². The Morgan fingerprint density at radius 2 is 1.90 bits per heavy atom. The molecule has 0 atom stereocenters. The van der Waals surface area contributed by atoms with Gasteiger partial charge in [0.2, 0.25) is 0 Å². The Labute approximate surface area is 112 Å². The zero-order valence-corrected chi connectivity index (χ0v) is 10.3. The first-order valence-electron chi connectivity index (χ1n) is 5.60. The van der Waals surface area contributed by atoms with E-state index in [1.807, 2.05) is 0 Å². The molecule has 100 valence electrons. The Hall–Kier alpha value is -3.03. The molecule has 0 bridgehead atoms. The molecule has 0 fully saturated rings. The molecule has 0 spiro atoms. The number of carbonyl (C=O) groups is 3. The number of anilines is 1. The first-order chi connectivity index (χ1) is 9.52. The van der Waals surface area contributed by atoms with E-state index in [0.717, 1.165) is 11.1 Å². The fraction of sp³-hybridized carbons (Fsp3) is 0.0833. The van der Waals surface area contributed by atoms with Crippen LogP contribution in [0.2, 0.25) is 0 Å². The predicted octanol–water partition coefficient (Wildman–Crippen LogP) is 0.314. The van der Waals surface area contributed by atoms with E-state index < -0.39 is 17.8 Å². The molecule has 0 saturated heterocycles. The van der Waals surface area contributed by atoms with Crippen molar-refractivity contribution in [3.8, 4) is 0 Å². The molecule has 0 unspecified atom stereocenters. The Kier molecular flexibility index (Phi) is 2.40. The van der Waals surface area contributed by atoms with Crippen molar-refractivity contribution in [1.82, 2.24) is 14.8 Å². The third-order valence-electron chi connectivity index (χ3n) is 3.04. The summed E-state index contributed by atoms with van der Waals surface area (Å²) in [5.41, 5.74) is 0.132. The van der Waals surface area contributed by atoms with Crippen LogP contribution in [0.1, 0.15) is 31.1 Å². The van der Waals surface area contributed by atoms with Gasteiger partial charge in [0.25, 0.3) is 11.8 Å². The van der Waals surface area contributed by atoms with Crippen LogP contribution < -0.4 is 4.90 Å². The lowest BCUT2D eigenvalue weighted by molar-refractivity contribution is 0.0698. The second kappa shape index (κ2) is 3.98. The van der Waals surface area contributed by atoms with Gasteiger partial charge in [-0.25, -0.2) is 9.69 Å². The third kappa shape index (κ3) is 1.44. The molecule has 8 heteroatoms. The second-order valence-electron chi connectivity index (χ2n) is 4.18. The van der Waals surface area contributed by atoms with Gasteiger partial charge < -0.3 is 5.11 Å². The first-order valence-corrected chi connectivity index (χ1v) is 5.60. The summed E-state index contributed by atoms with van der Waals surface area (Å²) in [7, 11) is 1.46. The maximum atomic E-state index is 12.3. The van der Waals surface area contributed by atoms with Crippen LogP contribution >= 0.6 is 0 Å². The van der Waals surface area contributed by atoms with E-state index in [1.54, 1.807) is 0 Å². The highest BCUT2D eigenvalue weighted by Crippen LogP contribution is 2.29. The number of aromatic carboxylic acids is 1. The number of fused-ring (bicyclic) bond motifs is 1. The largest absolute Gasteiger partial charge is 0.477 e. The van der Waals surface area contributed by atoms with Crippen molar-refractivity contribution in [2.24, 2.45) is 7.05 Å². The minimum atomic E-state index is -1.26. The molecule has 3 heterocycles.